The van der Waals surface area contributed by atoms with Gasteiger partial charge in [0.05, 0.1) is 13.2 Å². The molecule has 2 aliphatic heterocycles. The van der Waals surface area contributed by atoms with E-state index in [-0.39, 0.29) is 5.91 Å². The fraction of sp³-hybridized carbons (Fsp3) is 0.917. The molecule has 0 aromatic carbocycles. The SMILES string of the molecule is NCCC(=O)N1CCC(N2CCOCC2)CC1. The molecule has 1 amide bonds. The van der Waals surface area contributed by atoms with Gasteiger partial charge in [0, 0.05) is 45.2 Å². The molecule has 2 heterocycles. The number of hydrogen-bond donors (Lipinski definition) is 1. The summed E-state index contributed by atoms with van der Waals surface area (Å²) in [6, 6.07) is 0.640. The van der Waals surface area contributed by atoms with Gasteiger partial charge < -0.3 is 15.4 Å². The number of ether oxygens (including phenoxy) is 1. The van der Waals surface area contributed by atoms with Crippen LogP contribution in [-0.4, -0.2) is 67.7 Å². The largest absolute Gasteiger partial charge is 0.379 e. The van der Waals surface area contributed by atoms with Gasteiger partial charge in [-0.2, -0.15) is 0 Å². The van der Waals surface area contributed by atoms with E-state index in [1.54, 1.807) is 0 Å². The molecule has 0 aliphatic carbocycles. The van der Waals surface area contributed by atoms with E-state index in [0.29, 0.717) is 19.0 Å². The minimum Gasteiger partial charge on any atom is -0.379 e. The molecule has 0 saturated carbocycles. The van der Waals surface area contributed by atoms with Gasteiger partial charge in [-0.3, -0.25) is 9.69 Å². The van der Waals surface area contributed by atoms with Gasteiger partial charge in [0.25, 0.3) is 0 Å². The van der Waals surface area contributed by atoms with E-state index in [0.717, 1.165) is 52.2 Å². The van der Waals surface area contributed by atoms with Crippen LogP contribution < -0.4 is 5.73 Å². The number of nitrogens with zero attached hydrogens (tertiary/aromatic N) is 2. The van der Waals surface area contributed by atoms with Crippen molar-refractivity contribution < 1.29 is 9.53 Å². The van der Waals surface area contributed by atoms with Crippen LogP contribution in [0.15, 0.2) is 0 Å². The van der Waals surface area contributed by atoms with Crippen molar-refractivity contribution in [3.63, 3.8) is 0 Å². The van der Waals surface area contributed by atoms with Crippen molar-refractivity contribution in [1.29, 1.82) is 0 Å². The first-order chi connectivity index (χ1) is 8.31. The number of nitrogens with two attached hydrogens (primary N) is 1. The molecule has 5 nitrogen and oxygen atoms in total. The zero-order chi connectivity index (χ0) is 12.1. The Morgan fingerprint density at radius 2 is 1.82 bits per heavy atom. The quantitative estimate of drug-likeness (QED) is 0.734. The monoisotopic (exact) mass is 241 g/mol. The zero-order valence-electron chi connectivity index (χ0n) is 10.4. The highest BCUT2D eigenvalue weighted by molar-refractivity contribution is 5.76. The van der Waals surface area contributed by atoms with Crippen LogP contribution in [0.4, 0.5) is 0 Å². The summed E-state index contributed by atoms with van der Waals surface area (Å²) in [7, 11) is 0. The molecule has 17 heavy (non-hydrogen) atoms. The van der Waals surface area contributed by atoms with Crippen LogP contribution >= 0.6 is 0 Å². The molecule has 2 rings (SSSR count). The van der Waals surface area contributed by atoms with E-state index >= 15 is 0 Å². The first kappa shape index (κ1) is 12.8. The van der Waals surface area contributed by atoms with Gasteiger partial charge in [-0.05, 0) is 12.8 Å². The highest BCUT2D eigenvalue weighted by Gasteiger charge is 2.27. The third-order valence-corrected chi connectivity index (χ3v) is 3.74. The molecule has 0 aromatic rings. The highest BCUT2D eigenvalue weighted by atomic mass is 16.5. The van der Waals surface area contributed by atoms with Crippen molar-refractivity contribution in [3.8, 4) is 0 Å². The smallest absolute Gasteiger partial charge is 0.223 e. The summed E-state index contributed by atoms with van der Waals surface area (Å²) in [6.45, 7) is 6.03. The first-order valence-corrected chi connectivity index (χ1v) is 6.61. The number of carbonyl (C=O) groups is 1. The first-order valence-electron chi connectivity index (χ1n) is 6.61. The average Bonchev–Trinajstić information content (AvgIpc) is 2.40. The average molecular weight is 241 g/mol. The number of rotatable bonds is 3. The lowest BCUT2D eigenvalue weighted by Gasteiger charge is -2.40. The van der Waals surface area contributed by atoms with Gasteiger partial charge in [0.1, 0.15) is 0 Å². The molecule has 2 aliphatic rings. The van der Waals surface area contributed by atoms with Crippen molar-refractivity contribution in [2.45, 2.75) is 25.3 Å². The standard InChI is InChI=1S/C12H23N3O2/c13-4-1-12(16)15-5-2-11(3-6-15)14-7-9-17-10-8-14/h11H,1-10,13H2. The molecule has 0 unspecified atom stereocenters. The molecule has 0 aromatic heterocycles. The van der Waals surface area contributed by atoms with Gasteiger partial charge in [-0.15, -0.1) is 0 Å². The van der Waals surface area contributed by atoms with Crippen LogP contribution in [0.25, 0.3) is 0 Å². The van der Waals surface area contributed by atoms with E-state index in [1.807, 2.05) is 4.90 Å². The molecule has 0 bridgehead atoms. The third-order valence-electron chi connectivity index (χ3n) is 3.74. The molecule has 98 valence electrons. The van der Waals surface area contributed by atoms with Crippen LogP contribution in [-0.2, 0) is 9.53 Å². The maximum Gasteiger partial charge on any atom is 0.223 e. The summed E-state index contributed by atoms with van der Waals surface area (Å²) in [5.74, 6) is 0.216. The van der Waals surface area contributed by atoms with Crippen LogP contribution in [0, 0.1) is 0 Å². The van der Waals surface area contributed by atoms with Crippen molar-refractivity contribution in [2.24, 2.45) is 5.73 Å². The van der Waals surface area contributed by atoms with Gasteiger partial charge in [0.2, 0.25) is 5.91 Å². The van der Waals surface area contributed by atoms with Crippen molar-refractivity contribution in [2.75, 3.05) is 45.9 Å². The van der Waals surface area contributed by atoms with Gasteiger partial charge in [-0.1, -0.05) is 0 Å². The van der Waals surface area contributed by atoms with Crippen LogP contribution in [0.2, 0.25) is 0 Å². The Labute approximate surface area is 103 Å². The lowest BCUT2D eigenvalue weighted by molar-refractivity contribution is -0.132. The van der Waals surface area contributed by atoms with Gasteiger partial charge in [0.15, 0.2) is 0 Å². The van der Waals surface area contributed by atoms with Gasteiger partial charge >= 0.3 is 0 Å². The summed E-state index contributed by atoms with van der Waals surface area (Å²) < 4.78 is 5.36. The number of piperidine rings is 1. The molecule has 0 spiro atoms. The Kier molecular flexibility index (Phi) is 4.76. The maximum atomic E-state index is 11.7. The fourth-order valence-corrected chi connectivity index (χ4v) is 2.70. The number of likely N-dealkylation sites (tertiary alicyclic amines) is 1. The number of hydrogen-bond acceptors (Lipinski definition) is 4. The van der Waals surface area contributed by atoms with E-state index in [2.05, 4.69) is 4.90 Å². The number of amides is 1. The molecular weight excluding hydrogens is 218 g/mol. The van der Waals surface area contributed by atoms with Crippen LogP contribution in [0.5, 0.6) is 0 Å². The van der Waals surface area contributed by atoms with Crippen molar-refractivity contribution in [3.05, 3.63) is 0 Å². The summed E-state index contributed by atoms with van der Waals surface area (Å²) in [5, 5.41) is 0. The Morgan fingerprint density at radius 1 is 1.18 bits per heavy atom. The van der Waals surface area contributed by atoms with E-state index in [4.69, 9.17) is 10.5 Å². The fourth-order valence-electron chi connectivity index (χ4n) is 2.70. The van der Waals surface area contributed by atoms with Crippen molar-refractivity contribution in [1.82, 2.24) is 9.80 Å². The second-order valence-corrected chi connectivity index (χ2v) is 4.80. The predicted octanol–water partition coefficient (Wildman–Crippen LogP) is -0.342. The molecule has 2 fully saturated rings. The summed E-state index contributed by atoms with van der Waals surface area (Å²) in [4.78, 5) is 16.2. The van der Waals surface area contributed by atoms with Crippen LogP contribution in [0.3, 0.4) is 0 Å². The lowest BCUT2D eigenvalue weighted by atomic mass is 10.0. The number of morpholine rings is 1. The summed E-state index contributed by atoms with van der Waals surface area (Å²) in [6.07, 6.45) is 2.68. The highest BCUT2D eigenvalue weighted by Crippen LogP contribution is 2.18. The van der Waals surface area contributed by atoms with E-state index < -0.39 is 0 Å². The maximum absolute atomic E-state index is 11.7. The molecule has 0 atom stereocenters. The van der Waals surface area contributed by atoms with E-state index in [9.17, 15) is 4.79 Å². The van der Waals surface area contributed by atoms with Gasteiger partial charge in [-0.25, -0.2) is 0 Å². The Balaban J connectivity index is 1.75. The summed E-state index contributed by atoms with van der Waals surface area (Å²) in [5.41, 5.74) is 5.41. The molecule has 2 saturated heterocycles. The Hall–Kier alpha value is -0.650. The van der Waals surface area contributed by atoms with Crippen LogP contribution in [0.1, 0.15) is 19.3 Å². The summed E-state index contributed by atoms with van der Waals surface area (Å²) >= 11 is 0. The number of carbonyl (C=O) groups excluding carboxylic acids is 1. The minimum atomic E-state index is 0.216. The molecule has 2 N–H and O–H groups in total. The second kappa shape index (κ2) is 6.33. The Morgan fingerprint density at radius 3 is 2.41 bits per heavy atom. The van der Waals surface area contributed by atoms with E-state index in [1.165, 1.54) is 0 Å². The second-order valence-electron chi connectivity index (χ2n) is 4.80. The lowest BCUT2D eigenvalue weighted by Crippen LogP contribution is -2.50. The third kappa shape index (κ3) is 3.40. The normalized spacial score (nSPS) is 23.9. The topological polar surface area (TPSA) is 58.8 Å². The Bertz CT molecular complexity index is 246. The van der Waals surface area contributed by atoms with Crippen molar-refractivity contribution >= 4 is 5.91 Å². The zero-order valence-corrected chi connectivity index (χ0v) is 10.4. The molecule has 5 heteroatoms. The predicted molar refractivity (Wildman–Crippen MR) is 65.7 cm³/mol. The molecular formula is C12H23N3O2. The molecule has 0 radical (unpaired) electrons. The minimum absolute atomic E-state index is 0.216.